The lowest BCUT2D eigenvalue weighted by molar-refractivity contribution is 0.622. The topological polar surface area (TPSA) is 12.9 Å². The fourth-order valence-electron chi connectivity index (χ4n) is 1.51. The molecule has 0 saturated heterocycles. The molecular weight excluding hydrogens is 213 g/mol. The SMILES string of the molecule is Cc1cc(Cl)ccc1-c1cncc(F)c1. The molecule has 1 aromatic carbocycles. The first-order valence-electron chi connectivity index (χ1n) is 4.54. The summed E-state index contributed by atoms with van der Waals surface area (Å²) in [5, 5.41) is 0.681. The van der Waals surface area contributed by atoms with Crippen molar-refractivity contribution in [1.29, 1.82) is 0 Å². The molecule has 0 fully saturated rings. The minimum absolute atomic E-state index is 0.332. The van der Waals surface area contributed by atoms with Gasteiger partial charge < -0.3 is 0 Å². The van der Waals surface area contributed by atoms with E-state index in [1.807, 2.05) is 19.1 Å². The third-order valence-electron chi connectivity index (χ3n) is 2.20. The lowest BCUT2D eigenvalue weighted by atomic mass is 10.0. The number of hydrogen-bond acceptors (Lipinski definition) is 1. The van der Waals surface area contributed by atoms with Gasteiger partial charge in [0.15, 0.2) is 0 Å². The largest absolute Gasteiger partial charge is 0.261 e. The quantitative estimate of drug-likeness (QED) is 0.713. The van der Waals surface area contributed by atoms with Gasteiger partial charge in [-0.3, -0.25) is 4.98 Å². The van der Waals surface area contributed by atoms with Crippen LogP contribution in [-0.2, 0) is 0 Å². The molecule has 0 saturated carbocycles. The van der Waals surface area contributed by atoms with Crippen LogP contribution in [0.15, 0.2) is 36.7 Å². The van der Waals surface area contributed by atoms with Crippen molar-refractivity contribution in [2.75, 3.05) is 0 Å². The minimum Gasteiger partial charge on any atom is -0.261 e. The summed E-state index contributed by atoms with van der Waals surface area (Å²) in [6.45, 7) is 1.94. The van der Waals surface area contributed by atoms with E-state index in [4.69, 9.17) is 11.6 Å². The van der Waals surface area contributed by atoms with E-state index < -0.39 is 0 Å². The first-order valence-corrected chi connectivity index (χ1v) is 4.92. The van der Waals surface area contributed by atoms with E-state index in [2.05, 4.69) is 4.98 Å². The van der Waals surface area contributed by atoms with Gasteiger partial charge in [0.2, 0.25) is 0 Å². The van der Waals surface area contributed by atoms with Crippen LogP contribution >= 0.6 is 11.6 Å². The zero-order valence-electron chi connectivity index (χ0n) is 8.17. The highest BCUT2D eigenvalue weighted by Gasteiger charge is 2.03. The molecule has 3 heteroatoms. The molecule has 15 heavy (non-hydrogen) atoms. The molecule has 2 aromatic rings. The van der Waals surface area contributed by atoms with E-state index in [0.717, 1.165) is 16.7 Å². The van der Waals surface area contributed by atoms with Gasteiger partial charge in [-0.25, -0.2) is 4.39 Å². The lowest BCUT2D eigenvalue weighted by Crippen LogP contribution is -1.86. The monoisotopic (exact) mass is 221 g/mol. The Kier molecular flexibility index (Phi) is 2.69. The summed E-state index contributed by atoms with van der Waals surface area (Å²) in [7, 11) is 0. The van der Waals surface area contributed by atoms with Crippen molar-refractivity contribution < 1.29 is 4.39 Å². The molecule has 0 atom stereocenters. The summed E-state index contributed by atoms with van der Waals surface area (Å²) < 4.78 is 13.0. The van der Waals surface area contributed by atoms with E-state index in [0.29, 0.717) is 5.02 Å². The molecule has 0 unspecified atom stereocenters. The maximum Gasteiger partial charge on any atom is 0.142 e. The van der Waals surface area contributed by atoms with Crippen LogP contribution < -0.4 is 0 Å². The van der Waals surface area contributed by atoms with Crippen LogP contribution in [0.4, 0.5) is 4.39 Å². The van der Waals surface area contributed by atoms with Crippen LogP contribution in [0.3, 0.4) is 0 Å². The molecule has 1 aromatic heterocycles. The molecule has 0 spiro atoms. The Bertz CT molecular complexity index is 497. The molecule has 0 N–H and O–H groups in total. The molecule has 2 rings (SSSR count). The number of rotatable bonds is 1. The van der Waals surface area contributed by atoms with Gasteiger partial charge in [0.05, 0.1) is 6.20 Å². The van der Waals surface area contributed by atoms with Crippen molar-refractivity contribution in [3.63, 3.8) is 0 Å². The standard InChI is InChI=1S/C12H9ClFN/c1-8-4-10(13)2-3-12(8)9-5-11(14)7-15-6-9/h2-7H,1H3. The van der Waals surface area contributed by atoms with Crippen molar-refractivity contribution in [3.8, 4) is 11.1 Å². The normalized spacial score (nSPS) is 10.3. The average molecular weight is 222 g/mol. The Morgan fingerprint density at radius 1 is 1.20 bits per heavy atom. The van der Waals surface area contributed by atoms with Gasteiger partial charge in [0.25, 0.3) is 0 Å². The maximum absolute atomic E-state index is 13.0. The summed E-state index contributed by atoms with van der Waals surface area (Å²) in [5.74, 6) is -0.332. The van der Waals surface area contributed by atoms with Gasteiger partial charge in [0.1, 0.15) is 5.82 Å². The number of aryl methyl sites for hydroxylation is 1. The van der Waals surface area contributed by atoms with Crippen molar-refractivity contribution in [2.24, 2.45) is 0 Å². The van der Waals surface area contributed by atoms with Gasteiger partial charge in [-0.05, 0) is 36.2 Å². The Morgan fingerprint density at radius 3 is 2.67 bits per heavy atom. The number of halogens is 2. The first kappa shape index (κ1) is 10.1. The van der Waals surface area contributed by atoms with E-state index in [-0.39, 0.29) is 5.82 Å². The van der Waals surface area contributed by atoms with E-state index in [1.165, 1.54) is 12.3 Å². The van der Waals surface area contributed by atoms with Gasteiger partial charge >= 0.3 is 0 Å². The Balaban J connectivity index is 2.54. The predicted molar refractivity (Wildman–Crippen MR) is 59.4 cm³/mol. The third kappa shape index (κ3) is 2.16. The summed E-state index contributed by atoms with van der Waals surface area (Å²) in [4.78, 5) is 3.82. The number of pyridine rings is 1. The van der Waals surface area contributed by atoms with Gasteiger partial charge in [0, 0.05) is 16.8 Å². The highest BCUT2D eigenvalue weighted by Crippen LogP contribution is 2.25. The van der Waals surface area contributed by atoms with Crippen LogP contribution in [0.2, 0.25) is 5.02 Å². The summed E-state index contributed by atoms with van der Waals surface area (Å²) >= 11 is 5.85. The second kappa shape index (κ2) is 3.99. The second-order valence-electron chi connectivity index (χ2n) is 3.35. The highest BCUT2D eigenvalue weighted by atomic mass is 35.5. The fourth-order valence-corrected chi connectivity index (χ4v) is 1.74. The molecule has 0 aliphatic rings. The zero-order chi connectivity index (χ0) is 10.8. The Labute approximate surface area is 92.5 Å². The molecular formula is C12H9ClFN. The molecule has 76 valence electrons. The fraction of sp³-hybridized carbons (Fsp3) is 0.0833. The Morgan fingerprint density at radius 2 is 2.00 bits per heavy atom. The van der Waals surface area contributed by atoms with Crippen molar-refractivity contribution in [2.45, 2.75) is 6.92 Å². The van der Waals surface area contributed by atoms with Gasteiger partial charge in [-0.1, -0.05) is 17.7 Å². The molecule has 1 nitrogen and oxygen atoms in total. The van der Waals surface area contributed by atoms with E-state index in [1.54, 1.807) is 12.3 Å². The molecule has 0 amide bonds. The summed E-state index contributed by atoms with van der Waals surface area (Å²) in [6.07, 6.45) is 2.83. The molecule has 0 aliphatic heterocycles. The molecule has 0 aliphatic carbocycles. The molecule has 0 radical (unpaired) electrons. The van der Waals surface area contributed by atoms with Crippen molar-refractivity contribution in [1.82, 2.24) is 4.98 Å². The lowest BCUT2D eigenvalue weighted by Gasteiger charge is -2.05. The maximum atomic E-state index is 13.0. The van der Waals surface area contributed by atoms with Gasteiger partial charge in [-0.2, -0.15) is 0 Å². The number of benzene rings is 1. The summed E-state index contributed by atoms with van der Waals surface area (Å²) in [5.41, 5.74) is 2.73. The first-order chi connectivity index (χ1) is 7.16. The highest BCUT2D eigenvalue weighted by molar-refractivity contribution is 6.30. The van der Waals surface area contributed by atoms with E-state index >= 15 is 0 Å². The zero-order valence-corrected chi connectivity index (χ0v) is 8.92. The van der Waals surface area contributed by atoms with Crippen LogP contribution in [0, 0.1) is 12.7 Å². The van der Waals surface area contributed by atoms with E-state index in [9.17, 15) is 4.39 Å². The summed E-state index contributed by atoms with van der Waals surface area (Å²) in [6, 6.07) is 6.97. The predicted octanol–water partition coefficient (Wildman–Crippen LogP) is 3.85. The third-order valence-corrected chi connectivity index (χ3v) is 2.44. The van der Waals surface area contributed by atoms with Crippen LogP contribution in [0.1, 0.15) is 5.56 Å². The second-order valence-corrected chi connectivity index (χ2v) is 3.79. The number of aromatic nitrogens is 1. The van der Waals surface area contributed by atoms with Gasteiger partial charge in [-0.15, -0.1) is 0 Å². The van der Waals surface area contributed by atoms with Crippen molar-refractivity contribution >= 4 is 11.6 Å². The Hall–Kier alpha value is -1.41. The van der Waals surface area contributed by atoms with Crippen molar-refractivity contribution in [3.05, 3.63) is 53.1 Å². The smallest absolute Gasteiger partial charge is 0.142 e. The average Bonchev–Trinajstić information content (AvgIpc) is 2.17. The molecule has 0 bridgehead atoms. The molecule has 1 heterocycles. The number of hydrogen-bond donors (Lipinski definition) is 0. The number of nitrogens with zero attached hydrogens (tertiary/aromatic N) is 1. The van der Waals surface area contributed by atoms with Crippen LogP contribution in [0.25, 0.3) is 11.1 Å². The van der Waals surface area contributed by atoms with Crippen LogP contribution in [0.5, 0.6) is 0 Å². The minimum atomic E-state index is -0.332. The van der Waals surface area contributed by atoms with Crippen LogP contribution in [-0.4, -0.2) is 4.98 Å².